The zero-order valence-corrected chi connectivity index (χ0v) is 13.5. The lowest BCUT2D eigenvalue weighted by atomic mass is 9.98. The minimum absolute atomic E-state index is 0.660. The first kappa shape index (κ1) is 15.5. The fourth-order valence-corrected chi connectivity index (χ4v) is 3.13. The highest BCUT2D eigenvalue weighted by molar-refractivity contribution is 5.04. The van der Waals surface area contributed by atoms with Crippen molar-refractivity contribution < 1.29 is 0 Å². The molecule has 0 saturated carbocycles. The molecule has 0 bridgehead atoms. The van der Waals surface area contributed by atoms with Crippen molar-refractivity contribution in [3.05, 3.63) is 18.0 Å². The molecule has 2 rings (SSSR count). The fraction of sp³-hybridized carbons (Fsp3) is 0.812. The van der Waals surface area contributed by atoms with Crippen molar-refractivity contribution in [2.45, 2.75) is 52.1 Å². The van der Waals surface area contributed by atoms with Gasteiger partial charge in [-0.3, -0.25) is 9.58 Å². The molecule has 2 heterocycles. The number of piperazine rings is 1. The summed E-state index contributed by atoms with van der Waals surface area (Å²) >= 11 is 0. The Kier molecular flexibility index (Phi) is 5.61. The van der Waals surface area contributed by atoms with Gasteiger partial charge in [-0.25, -0.2) is 0 Å². The van der Waals surface area contributed by atoms with Crippen molar-refractivity contribution in [2.75, 3.05) is 19.6 Å². The average Bonchev–Trinajstić information content (AvgIpc) is 2.83. The number of hydrogen-bond donors (Lipinski definition) is 1. The van der Waals surface area contributed by atoms with Crippen LogP contribution >= 0.6 is 0 Å². The summed E-state index contributed by atoms with van der Waals surface area (Å²) in [6.45, 7) is 10.4. The Bertz CT molecular complexity index is 399. The van der Waals surface area contributed by atoms with Gasteiger partial charge in [0.15, 0.2) is 0 Å². The van der Waals surface area contributed by atoms with Crippen LogP contribution in [0.2, 0.25) is 0 Å². The van der Waals surface area contributed by atoms with Crippen LogP contribution in [-0.2, 0) is 13.5 Å². The predicted octanol–water partition coefficient (Wildman–Crippen LogP) is 2.06. The Morgan fingerprint density at radius 1 is 1.45 bits per heavy atom. The Labute approximate surface area is 123 Å². The van der Waals surface area contributed by atoms with Crippen molar-refractivity contribution in [2.24, 2.45) is 13.0 Å². The minimum Gasteiger partial charge on any atom is -0.311 e. The molecule has 114 valence electrons. The first-order chi connectivity index (χ1) is 9.58. The Morgan fingerprint density at radius 3 is 2.85 bits per heavy atom. The number of rotatable bonds is 6. The molecule has 1 N–H and O–H groups in total. The largest absolute Gasteiger partial charge is 0.311 e. The Hall–Kier alpha value is -0.870. The van der Waals surface area contributed by atoms with Crippen LogP contribution in [0, 0.1) is 5.92 Å². The summed E-state index contributed by atoms with van der Waals surface area (Å²) in [6, 6.07) is 1.35. The van der Waals surface area contributed by atoms with Crippen LogP contribution in [-0.4, -0.2) is 46.4 Å². The highest BCUT2D eigenvalue weighted by Gasteiger charge is 2.27. The van der Waals surface area contributed by atoms with Gasteiger partial charge in [0.2, 0.25) is 0 Å². The van der Waals surface area contributed by atoms with E-state index in [0.717, 1.165) is 25.4 Å². The van der Waals surface area contributed by atoms with Crippen LogP contribution in [0.25, 0.3) is 0 Å². The smallest absolute Gasteiger partial charge is 0.0522 e. The number of hydrogen-bond acceptors (Lipinski definition) is 3. The molecule has 2 unspecified atom stereocenters. The first-order valence-electron chi connectivity index (χ1n) is 8.03. The lowest BCUT2D eigenvalue weighted by Crippen LogP contribution is -2.56. The van der Waals surface area contributed by atoms with E-state index < -0.39 is 0 Å². The molecule has 1 saturated heterocycles. The van der Waals surface area contributed by atoms with Gasteiger partial charge < -0.3 is 5.32 Å². The Morgan fingerprint density at radius 2 is 2.25 bits per heavy atom. The number of nitrogens with one attached hydrogen (secondary N) is 1. The summed E-state index contributed by atoms with van der Waals surface area (Å²) < 4.78 is 1.90. The quantitative estimate of drug-likeness (QED) is 0.864. The molecule has 1 aliphatic rings. The van der Waals surface area contributed by atoms with Crippen LogP contribution in [0.3, 0.4) is 0 Å². The van der Waals surface area contributed by atoms with E-state index in [1.165, 1.54) is 24.9 Å². The van der Waals surface area contributed by atoms with Crippen LogP contribution in [0.5, 0.6) is 0 Å². The van der Waals surface area contributed by atoms with Gasteiger partial charge in [0, 0.05) is 45.0 Å². The molecule has 4 heteroatoms. The second-order valence-electron chi connectivity index (χ2n) is 6.56. The minimum atomic E-state index is 0.660. The lowest BCUT2D eigenvalue weighted by Gasteiger charge is -2.41. The van der Waals surface area contributed by atoms with Gasteiger partial charge in [-0.05, 0) is 30.7 Å². The number of nitrogens with zero attached hydrogens (tertiary/aromatic N) is 3. The molecule has 0 aliphatic carbocycles. The van der Waals surface area contributed by atoms with Crippen LogP contribution in [0.1, 0.15) is 39.2 Å². The third-order valence-corrected chi connectivity index (χ3v) is 4.30. The highest BCUT2D eigenvalue weighted by Crippen LogP contribution is 2.17. The SMILES string of the molecule is CCC1CN(CCc2cnn(C)c2)C(CC(C)C)CN1. The maximum atomic E-state index is 4.26. The zero-order chi connectivity index (χ0) is 14.5. The fourth-order valence-electron chi connectivity index (χ4n) is 3.13. The van der Waals surface area contributed by atoms with Crippen LogP contribution < -0.4 is 5.32 Å². The second-order valence-corrected chi connectivity index (χ2v) is 6.56. The van der Waals surface area contributed by atoms with Gasteiger partial charge in [-0.2, -0.15) is 5.10 Å². The normalized spacial score (nSPS) is 24.4. The average molecular weight is 278 g/mol. The van der Waals surface area contributed by atoms with E-state index in [1.807, 2.05) is 17.9 Å². The molecular weight excluding hydrogens is 248 g/mol. The van der Waals surface area contributed by atoms with Crippen molar-refractivity contribution in [3.8, 4) is 0 Å². The van der Waals surface area contributed by atoms with E-state index >= 15 is 0 Å². The maximum absolute atomic E-state index is 4.26. The summed E-state index contributed by atoms with van der Waals surface area (Å²) in [5.41, 5.74) is 1.35. The lowest BCUT2D eigenvalue weighted by molar-refractivity contribution is 0.114. The molecule has 1 aliphatic heterocycles. The zero-order valence-electron chi connectivity index (χ0n) is 13.5. The van der Waals surface area contributed by atoms with Crippen molar-refractivity contribution >= 4 is 0 Å². The molecule has 1 aromatic rings. The van der Waals surface area contributed by atoms with Gasteiger partial charge in [-0.15, -0.1) is 0 Å². The summed E-state index contributed by atoms with van der Waals surface area (Å²) in [5.74, 6) is 0.765. The second kappa shape index (κ2) is 7.23. The van der Waals surface area contributed by atoms with E-state index in [0.29, 0.717) is 12.1 Å². The van der Waals surface area contributed by atoms with Gasteiger partial charge in [0.1, 0.15) is 0 Å². The maximum Gasteiger partial charge on any atom is 0.0522 e. The van der Waals surface area contributed by atoms with E-state index in [2.05, 4.69) is 42.3 Å². The van der Waals surface area contributed by atoms with Gasteiger partial charge in [-0.1, -0.05) is 20.8 Å². The van der Waals surface area contributed by atoms with Crippen molar-refractivity contribution in [1.82, 2.24) is 20.0 Å². The summed E-state index contributed by atoms with van der Waals surface area (Å²) in [4.78, 5) is 2.69. The molecule has 4 nitrogen and oxygen atoms in total. The van der Waals surface area contributed by atoms with E-state index in [-0.39, 0.29) is 0 Å². The third-order valence-electron chi connectivity index (χ3n) is 4.30. The third kappa shape index (κ3) is 4.32. The monoisotopic (exact) mass is 278 g/mol. The van der Waals surface area contributed by atoms with Crippen LogP contribution in [0.15, 0.2) is 12.4 Å². The number of aryl methyl sites for hydroxylation is 1. The molecule has 0 aromatic carbocycles. The molecule has 1 aromatic heterocycles. The molecule has 0 spiro atoms. The Balaban J connectivity index is 1.91. The summed E-state index contributed by atoms with van der Waals surface area (Å²) in [6.07, 6.45) is 7.75. The molecular formula is C16H30N4. The topological polar surface area (TPSA) is 33.1 Å². The first-order valence-corrected chi connectivity index (χ1v) is 8.03. The van der Waals surface area contributed by atoms with Gasteiger partial charge in [0.05, 0.1) is 6.20 Å². The molecule has 20 heavy (non-hydrogen) atoms. The van der Waals surface area contributed by atoms with Crippen LogP contribution in [0.4, 0.5) is 0 Å². The number of aromatic nitrogens is 2. The highest BCUT2D eigenvalue weighted by atomic mass is 15.2. The van der Waals surface area contributed by atoms with Gasteiger partial charge in [0.25, 0.3) is 0 Å². The van der Waals surface area contributed by atoms with E-state index in [1.54, 1.807) is 0 Å². The predicted molar refractivity (Wildman–Crippen MR) is 83.8 cm³/mol. The molecule has 0 amide bonds. The molecule has 0 radical (unpaired) electrons. The van der Waals surface area contributed by atoms with Gasteiger partial charge >= 0.3 is 0 Å². The van der Waals surface area contributed by atoms with Crippen molar-refractivity contribution in [1.29, 1.82) is 0 Å². The van der Waals surface area contributed by atoms with E-state index in [9.17, 15) is 0 Å². The molecule has 2 atom stereocenters. The standard InChI is InChI=1S/C16H30N4/c1-5-15-12-20(16(10-17-15)8-13(2)3)7-6-14-9-18-19(4)11-14/h9,11,13,15-17H,5-8,10,12H2,1-4H3. The summed E-state index contributed by atoms with van der Waals surface area (Å²) in [5, 5.41) is 7.96. The summed E-state index contributed by atoms with van der Waals surface area (Å²) in [7, 11) is 1.99. The van der Waals surface area contributed by atoms with E-state index in [4.69, 9.17) is 0 Å². The molecule has 1 fully saturated rings. The van der Waals surface area contributed by atoms with Crippen molar-refractivity contribution in [3.63, 3.8) is 0 Å².